The van der Waals surface area contributed by atoms with Crippen molar-refractivity contribution >= 4 is 30.0 Å². The largest absolute Gasteiger partial charge is 0.370 e. The number of amides is 3. The highest BCUT2D eigenvalue weighted by atomic mass is 16.2. The fourth-order valence-corrected chi connectivity index (χ4v) is 4.30. The first-order valence-electron chi connectivity index (χ1n) is 12.5. The fraction of sp³-hybridized carbons (Fsp3) is 0.500. The molecule has 0 spiro atoms. The maximum absolute atomic E-state index is 13.6. The predicted molar refractivity (Wildman–Crippen MR) is 137 cm³/mol. The molecule has 0 bridgehead atoms. The standard InChI is InChI=1S/C24H34N10O4/c25-24(26)27-12-4-8-17(15-35)28-22(37)19-9-5-13-34(19)23(38)18(14-20-30-32-33-31-20)29-21(36)11-10-16-6-2-1-3-7-16/h1-3,6-7,15,17-19H,4-5,8-14H2,(H,28,37)(H,29,36)(H4,25,26,27)(H,30,31,32,33)/t17-,18-,19+/m1/s1. The van der Waals surface area contributed by atoms with E-state index in [0.29, 0.717) is 51.5 Å². The van der Waals surface area contributed by atoms with Gasteiger partial charge in [-0.05, 0) is 37.7 Å². The van der Waals surface area contributed by atoms with E-state index in [4.69, 9.17) is 11.5 Å². The number of carbonyl (C=O) groups is 4. The zero-order valence-corrected chi connectivity index (χ0v) is 21.1. The maximum Gasteiger partial charge on any atom is 0.246 e. The molecule has 0 unspecified atom stereocenters. The molecule has 2 heterocycles. The molecule has 1 aromatic heterocycles. The molecule has 1 saturated heterocycles. The summed E-state index contributed by atoms with van der Waals surface area (Å²) in [5.74, 6) is -0.940. The second-order valence-electron chi connectivity index (χ2n) is 9.03. The van der Waals surface area contributed by atoms with Gasteiger partial charge in [-0.15, -0.1) is 10.2 Å². The molecule has 38 heavy (non-hydrogen) atoms. The normalized spacial score (nSPS) is 16.3. The number of hydrogen-bond acceptors (Lipinski definition) is 8. The minimum atomic E-state index is -0.981. The first-order chi connectivity index (χ1) is 18.4. The van der Waals surface area contributed by atoms with Crippen molar-refractivity contribution in [2.45, 2.75) is 63.1 Å². The zero-order chi connectivity index (χ0) is 27.3. The molecule has 0 radical (unpaired) electrons. The van der Waals surface area contributed by atoms with Crippen molar-refractivity contribution in [1.82, 2.24) is 36.2 Å². The molecule has 1 aromatic carbocycles. The highest BCUT2D eigenvalue weighted by Crippen LogP contribution is 2.20. The molecule has 0 saturated carbocycles. The lowest BCUT2D eigenvalue weighted by molar-refractivity contribution is -0.141. The molecular formula is C24H34N10O4. The third-order valence-electron chi connectivity index (χ3n) is 6.19. The van der Waals surface area contributed by atoms with E-state index in [1.165, 1.54) is 4.90 Å². The summed E-state index contributed by atoms with van der Waals surface area (Å²) in [6.07, 6.45) is 3.26. The molecule has 1 aliphatic heterocycles. The monoisotopic (exact) mass is 526 g/mol. The van der Waals surface area contributed by atoms with Crippen molar-refractivity contribution in [3.8, 4) is 0 Å². The fourth-order valence-electron chi connectivity index (χ4n) is 4.30. The molecule has 1 aliphatic rings. The van der Waals surface area contributed by atoms with E-state index in [1.807, 2.05) is 30.3 Å². The molecule has 14 nitrogen and oxygen atoms in total. The highest BCUT2D eigenvalue weighted by Gasteiger charge is 2.38. The Hall–Kier alpha value is -4.36. The van der Waals surface area contributed by atoms with Gasteiger partial charge in [0, 0.05) is 25.9 Å². The van der Waals surface area contributed by atoms with Crippen LogP contribution in [0.4, 0.5) is 0 Å². The molecule has 2 aromatic rings. The minimum Gasteiger partial charge on any atom is -0.370 e. The Morgan fingerprint density at radius 1 is 1.21 bits per heavy atom. The second kappa shape index (κ2) is 14.4. The lowest BCUT2D eigenvalue weighted by Gasteiger charge is -2.29. The van der Waals surface area contributed by atoms with Crippen molar-refractivity contribution in [2.75, 3.05) is 13.1 Å². The van der Waals surface area contributed by atoms with Crippen LogP contribution < -0.4 is 22.1 Å². The number of aromatic amines is 1. The van der Waals surface area contributed by atoms with Gasteiger partial charge in [0.2, 0.25) is 17.7 Å². The minimum absolute atomic E-state index is 0.0129. The van der Waals surface area contributed by atoms with E-state index >= 15 is 0 Å². The molecule has 3 atom stereocenters. The number of hydrogen-bond donors (Lipinski definition) is 5. The number of aromatic nitrogens is 4. The van der Waals surface area contributed by atoms with Crippen LogP contribution >= 0.6 is 0 Å². The summed E-state index contributed by atoms with van der Waals surface area (Å²) in [4.78, 5) is 56.2. The van der Waals surface area contributed by atoms with Gasteiger partial charge in [0.05, 0.1) is 6.04 Å². The Balaban J connectivity index is 1.63. The summed E-state index contributed by atoms with van der Waals surface area (Å²) in [6.45, 7) is 0.675. The Bertz CT molecular complexity index is 1090. The number of likely N-dealkylation sites (tertiary alicyclic amines) is 1. The van der Waals surface area contributed by atoms with Crippen LogP contribution in [0, 0.1) is 0 Å². The van der Waals surface area contributed by atoms with Crippen LogP contribution in [-0.2, 0) is 32.0 Å². The number of aldehydes is 1. The SMILES string of the molecule is NC(N)=NCCC[C@H](C=O)NC(=O)[C@@H]1CCCN1C(=O)[C@@H](Cc1nn[nH]n1)NC(=O)CCc1ccccc1. The maximum atomic E-state index is 13.6. The molecule has 204 valence electrons. The first kappa shape index (κ1) is 28.2. The van der Waals surface area contributed by atoms with Crippen LogP contribution in [0.1, 0.15) is 43.5 Å². The first-order valence-corrected chi connectivity index (χ1v) is 12.5. The zero-order valence-electron chi connectivity index (χ0n) is 21.1. The number of tetrazole rings is 1. The number of nitrogens with one attached hydrogen (secondary N) is 3. The topological polar surface area (TPSA) is 214 Å². The molecular weight excluding hydrogens is 492 g/mol. The summed E-state index contributed by atoms with van der Waals surface area (Å²) in [5, 5.41) is 19.2. The third-order valence-corrected chi connectivity index (χ3v) is 6.19. The highest BCUT2D eigenvalue weighted by molar-refractivity contribution is 5.93. The molecule has 3 rings (SSSR count). The van der Waals surface area contributed by atoms with Crippen LogP contribution in [0.3, 0.4) is 0 Å². The number of guanidine groups is 1. The quantitative estimate of drug-likeness (QED) is 0.0844. The Kier molecular flexibility index (Phi) is 10.7. The average molecular weight is 527 g/mol. The summed E-state index contributed by atoms with van der Waals surface area (Å²) in [5.41, 5.74) is 11.6. The summed E-state index contributed by atoms with van der Waals surface area (Å²) in [6, 6.07) is 7.06. The predicted octanol–water partition coefficient (Wildman–Crippen LogP) is -1.41. The van der Waals surface area contributed by atoms with E-state index < -0.39 is 29.9 Å². The van der Waals surface area contributed by atoms with Gasteiger partial charge < -0.3 is 31.8 Å². The molecule has 7 N–H and O–H groups in total. The van der Waals surface area contributed by atoms with Gasteiger partial charge in [-0.3, -0.25) is 19.4 Å². The Morgan fingerprint density at radius 2 is 2.00 bits per heavy atom. The van der Waals surface area contributed by atoms with E-state index in [2.05, 4.69) is 36.3 Å². The van der Waals surface area contributed by atoms with Crippen LogP contribution in [0.15, 0.2) is 35.3 Å². The van der Waals surface area contributed by atoms with Crippen molar-refractivity contribution in [2.24, 2.45) is 16.5 Å². The van der Waals surface area contributed by atoms with Crippen molar-refractivity contribution in [3.05, 3.63) is 41.7 Å². The Morgan fingerprint density at radius 3 is 2.68 bits per heavy atom. The van der Waals surface area contributed by atoms with Gasteiger partial charge in [0.1, 0.15) is 18.4 Å². The number of carbonyl (C=O) groups excluding carboxylic acids is 4. The van der Waals surface area contributed by atoms with Gasteiger partial charge in [0.25, 0.3) is 0 Å². The van der Waals surface area contributed by atoms with Crippen LogP contribution in [0.2, 0.25) is 0 Å². The second-order valence-corrected chi connectivity index (χ2v) is 9.03. The molecule has 1 fully saturated rings. The summed E-state index contributed by atoms with van der Waals surface area (Å²) >= 11 is 0. The third kappa shape index (κ3) is 8.64. The van der Waals surface area contributed by atoms with Crippen LogP contribution in [0.25, 0.3) is 0 Å². The molecule has 14 heteroatoms. The number of benzene rings is 1. The number of nitrogens with two attached hydrogens (primary N) is 2. The van der Waals surface area contributed by atoms with E-state index in [-0.39, 0.29) is 30.5 Å². The summed E-state index contributed by atoms with van der Waals surface area (Å²) < 4.78 is 0. The van der Waals surface area contributed by atoms with E-state index in [0.717, 1.165) is 5.56 Å². The van der Waals surface area contributed by atoms with Crippen LogP contribution in [-0.4, -0.2) is 86.7 Å². The number of rotatable bonds is 14. The number of aryl methyl sites for hydroxylation is 1. The molecule has 0 aliphatic carbocycles. The smallest absolute Gasteiger partial charge is 0.246 e. The number of nitrogens with zero attached hydrogens (tertiary/aromatic N) is 5. The lowest BCUT2D eigenvalue weighted by atomic mass is 10.1. The molecule has 3 amide bonds. The van der Waals surface area contributed by atoms with Gasteiger partial charge in [-0.1, -0.05) is 35.5 Å². The van der Waals surface area contributed by atoms with Gasteiger partial charge in [0.15, 0.2) is 11.8 Å². The number of H-pyrrole nitrogens is 1. The average Bonchev–Trinajstić information content (AvgIpc) is 3.61. The lowest BCUT2D eigenvalue weighted by Crippen LogP contribution is -2.55. The van der Waals surface area contributed by atoms with E-state index in [9.17, 15) is 19.2 Å². The van der Waals surface area contributed by atoms with Gasteiger partial charge in [-0.2, -0.15) is 5.21 Å². The van der Waals surface area contributed by atoms with Crippen LogP contribution in [0.5, 0.6) is 0 Å². The van der Waals surface area contributed by atoms with Gasteiger partial charge >= 0.3 is 0 Å². The Labute approximate surface area is 220 Å². The summed E-state index contributed by atoms with van der Waals surface area (Å²) in [7, 11) is 0. The van der Waals surface area contributed by atoms with E-state index in [1.54, 1.807) is 0 Å². The van der Waals surface area contributed by atoms with Crippen molar-refractivity contribution in [1.29, 1.82) is 0 Å². The van der Waals surface area contributed by atoms with Crippen molar-refractivity contribution < 1.29 is 19.2 Å². The number of aliphatic imine (C=N–C) groups is 1. The van der Waals surface area contributed by atoms with Gasteiger partial charge in [-0.25, -0.2) is 0 Å². The van der Waals surface area contributed by atoms with Crippen molar-refractivity contribution in [3.63, 3.8) is 0 Å².